The minimum absolute atomic E-state index is 0.112. The van der Waals surface area contributed by atoms with Crippen molar-refractivity contribution in [2.24, 2.45) is 0 Å². The van der Waals surface area contributed by atoms with Crippen LogP contribution in [-0.4, -0.2) is 10.8 Å². The molecule has 1 aromatic carbocycles. The number of carbonyl (C=O) groups excluding carboxylic acids is 1. The Morgan fingerprint density at radius 1 is 1.56 bits per heavy atom. The molecule has 0 aliphatic heterocycles. The van der Waals surface area contributed by atoms with Crippen LogP contribution in [0.2, 0.25) is 0 Å². The van der Waals surface area contributed by atoms with E-state index in [1.807, 2.05) is 6.92 Å². The van der Waals surface area contributed by atoms with Gasteiger partial charge >= 0.3 is 0 Å². The maximum absolute atomic E-state index is 10.9. The first-order valence-electron chi connectivity index (χ1n) is 4.70. The molecule has 16 heavy (non-hydrogen) atoms. The van der Waals surface area contributed by atoms with Crippen molar-refractivity contribution in [3.63, 3.8) is 0 Å². The fraction of sp³-hybridized carbons (Fsp3) is 0.300. The van der Waals surface area contributed by atoms with Crippen LogP contribution in [0.1, 0.15) is 19.4 Å². The summed E-state index contributed by atoms with van der Waals surface area (Å²) in [6.07, 6.45) is 0.727. The molecule has 0 heterocycles. The standard InChI is InChI=1S/C10H11BrN2O3/c1-3-7-4-9(12-6(2)14)10(13(15)16)5-8(7)11/h4-5H,3H2,1-2H3,(H,12,14). The number of aryl methyl sites for hydroxylation is 1. The highest BCUT2D eigenvalue weighted by atomic mass is 79.9. The molecular formula is C10H11BrN2O3. The van der Waals surface area contributed by atoms with Gasteiger partial charge in [0.2, 0.25) is 5.91 Å². The molecule has 0 aliphatic carbocycles. The second kappa shape index (κ2) is 5.07. The number of rotatable bonds is 3. The summed E-state index contributed by atoms with van der Waals surface area (Å²) in [6, 6.07) is 3.02. The average molecular weight is 287 g/mol. The van der Waals surface area contributed by atoms with Gasteiger partial charge in [0, 0.05) is 17.5 Å². The molecule has 1 aromatic rings. The number of halogens is 1. The van der Waals surface area contributed by atoms with E-state index in [2.05, 4.69) is 21.2 Å². The first kappa shape index (κ1) is 12.6. The largest absolute Gasteiger partial charge is 0.321 e. The first-order valence-corrected chi connectivity index (χ1v) is 5.49. The minimum atomic E-state index is -0.518. The fourth-order valence-electron chi connectivity index (χ4n) is 1.32. The van der Waals surface area contributed by atoms with Crippen LogP contribution in [0.5, 0.6) is 0 Å². The highest BCUT2D eigenvalue weighted by molar-refractivity contribution is 9.10. The monoisotopic (exact) mass is 286 g/mol. The van der Waals surface area contributed by atoms with Crippen LogP contribution in [0, 0.1) is 10.1 Å². The summed E-state index contributed by atoms with van der Waals surface area (Å²) in [5.74, 6) is -0.326. The van der Waals surface area contributed by atoms with Gasteiger partial charge in [-0.05, 0) is 18.1 Å². The topological polar surface area (TPSA) is 72.2 Å². The third-order valence-electron chi connectivity index (χ3n) is 2.05. The van der Waals surface area contributed by atoms with Gasteiger partial charge in [-0.3, -0.25) is 14.9 Å². The molecule has 0 aliphatic rings. The van der Waals surface area contributed by atoms with Crippen molar-refractivity contribution in [1.82, 2.24) is 0 Å². The van der Waals surface area contributed by atoms with Crippen molar-refractivity contribution in [1.29, 1.82) is 0 Å². The third-order valence-corrected chi connectivity index (χ3v) is 2.79. The Labute approximate surface area is 101 Å². The van der Waals surface area contributed by atoms with E-state index in [9.17, 15) is 14.9 Å². The lowest BCUT2D eigenvalue weighted by atomic mass is 10.1. The SMILES string of the molecule is CCc1cc(NC(C)=O)c([N+](=O)[O-])cc1Br. The first-order chi connectivity index (χ1) is 7.45. The van der Waals surface area contributed by atoms with Gasteiger partial charge in [-0.25, -0.2) is 0 Å². The summed E-state index contributed by atoms with van der Waals surface area (Å²) < 4.78 is 0.677. The summed E-state index contributed by atoms with van der Waals surface area (Å²) in [5, 5.41) is 13.2. The molecule has 1 amide bonds. The summed E-state index contributed by atoms with van der Waals surface area (Å²) in [7, 11) is 0. The Kier molecular flexibility index (Phi) is 4.00. The van der Waals surface area contributed by atoms with Crippen LogP contribution in [-0.2, 0) is 11.2 Å². The van der Waals surface area contributed by atoms with Crippen LogP contribution >= 0.6 is 15.9 Å². The minimum Gasteiger partial charge on any atom is -0.321 e. The number of amides is 1. The van der Waals surface area contributed by atoms with Crippen LogP contribution < -0.4 is 5.32 Å². The lowest BCUT2D eigenvalue weighted by molar-refractivity contribution is -0.384. The van der Waals surface area contributed by atoms with E-state index in [1.165, 1.54) is 13.0 Å². The average Bonchev–Trinajstić information content (AvgIpc) is 2.19. The lowest BCUT2D eigenvalue weighted by Gasteiger charge is -2.07. The third kappa shape index (κ3) is 2.79. The van der Waals surface area contributed by atoms with E-state index >= 15 is 0 Å². The molecule has 6 heteroatoms. The van der Waals surface area contributed by atoms with Crippen molar-refractivity contribution in [2.75, 3.05) is 5.32 Å². The van der Waals surface area contributed by atoms with E-state index in [4.69, 9.17) is 0 Å². The molecule has 86 valence electrons. The summed E-state index contributed by atoms with van der Waals surface area (Å²) >= 11 is 3.26. The predicted octanol–water partition coefficient (Wildman–Crippen LogP) is 2.88. The van der Waals surface area contributed by atoms with Crippen molar-refractivity contribution in [2.45, 2.75) is 20.3 Å². The normalized spacial score (nSPS) is 9.94. The number of anilines is 1. The molecule has 0 fully saturated rings. The predicted molar refractivity (Wildman–Crippen MR) is 64.5 cm³/mol. The molecule has 0 saturated carbocycles. The molecule has 0 unspecified atom stereocenters. The Balaban J connectivity index is 3.30. The van der Waals surface area contributed by atoms with E-state index in [0.29, 0.717) is 4.47 Å². The Hall–Kier alpha value is -1.43. The highest BCUT2D eigenvalue weighted by Gasteiger charge is 2.17. The zero-order valence-electron chi connectivity index (χ0n) is 8.91. The Bertz CT molecular complexity index is 446. The van der Waals surface area contributed by atoms with E-state index < -0.39 is 4.92 Å². The number of benzene rings is 1. The Morgan fingerprint density at radius 2 is 2.19 bits per heavy atom. The number of nitrogens with one attached hydrogen (secondary N) is 1. The molecule has 0 spiro atoms. The van der Waals surface area contributed by atoms with Gasteiger partial charge in [0.1, 0.15) is 5.69 Å². The molecule has 1 rings (SSSR count). The maximum atomic E-state index is 10.9. The summed E-state index contributed by atoms with van der Waals surface area (Å²) in [5.41, 5.74) is 1.03. The highest BCUT2D eigenvalue weighted by Crippen LogP contribution is 2.31. The van der Waals surface area contributed by atoms with Gasteiger partial charge < -0.3 is 5.32 Å². The van der Waals surface area contributed by atoms with Crippen molar-refractivity contribution in [3.05, 3.63) is 32.3 Å². The molecule has 0 atom stereocenters. The van der Waals surface area contributed by atoms with Gasteiger partial charge in [0.25, 0.3) is 5.69 Å². The van der Waals surface area contributed by atoms with Crippen molar-refractivity contribution < 1.29 is 9.72 Å². The van der Waals surface area contributed by atoms with Gasteiger partial charge in [0.15, 0.2) is 0 Å². The van der Waals surface area contributed by atoms with Crippen molar-refractivity contribution in [3.8, 4) is 0 Å². The number of hydrogen-bond donors (Lipinski definition) is 1. The van der Waals surface area contributed by atoms with Gasteiger partial charge in [-0.2, -0.15) is 0 Å². The zero-order chi connectivity index (χ0) is 12.3. The van der Waals surface area contributed by atoms with Gasteiger partial charge in [0.05, 0.1) is 4.92 Å². The van der Waals surface area contributed by atoms with Crippen LogP contribution in [0.15, 0.2) is 16.6 Å². The molecule has 1 N–H and O–H groups in total. The Morgan fingerprint density at radius 3 is 2.62 bits per heavy atom. The van der Waals surface area contributed by atoms with Crippen molar-refractivity contribution >= 4 is 33.2 Å². The number of hydrogen-bond acceptors (Lipinski definition) is 3. The lowest BCUT2D eigenvalue weighted by Crippen LogP contribution is -2.08. The zero-order valence-corrected chi connectivity index (χ0v) is 10.5. The van der Waals surface area contributed by atoms with Gasteiger partial charge in [-0.15, -0.1) is 0 Å². The van der Waals surface area contributed by atoms with E-state index in [0.717, 1.165) is 12.0 Å². The van der Waals surface area contributed by atoms with Crippen LogP contribution in [0.25, 0.3) is 0 Å². The quantitative estimate of drug-likeness (QED) is 0.686. The molecule has 0 radical (unpaired) electrons. The van der Waals surface area contributed by atoms with E-state index in [1.54, 1.807) is 6.07 Å². The van der Waals surface area contributed by atoms with E-state index in [-0.39, 0.29) is 17.3 Å². The summed E-state index contributed by atoms with van der Waals surface area (Å²) in [6.45, 7) is 3.25. The van der Waals surface area contributed by atoms with Gasteiger partial charge in [-0.1, -0.05) is 22.9 Å². The molecule has 0 saturated heterocycles. The molecular weight excluding hydrogens is 276 g/mol. The number of nitro groups is 1. The number of nitro benzene ring substituents is 1. The fourth-order valence-corrected chi connectivity index (χ4v) is 1.93. The second-order valence-electron chi connectivity index (χ2n) is 3.25. The van der Waals surface area contributed by atoms with Crippen LogP contribution in [0.3, 0.4) is 0 Å². The summed E-state index contributed by atoms with van der Waals surface area (Å²) in [4.78, 5) is 21.2. The molecule has 0 aromatic heterocycles. The smallest absolute Gasteiger partial charge is 0.293 e. The molecule has 5 nitrogen and oxygen atoms in total. The maximum Gasteiger partial charge on any atom is 0.293 e. The second-order valence-corrected chi connectivity index (χ2v) is 4.11. The van der Waals surface area contributed by atoms with Crippen LogP contribution in [0.4, 0.5) is 11.4 Å². The number of carbonyl (C=O) groups is 1. The molecule has 0 bridgehead atoms. The number of nitrogens with zero attached hydrogens (tertiary/aromatic N) is 1.